The lowest BCUT2D eigenvalue weighted by Crippen LogP contribution is -2.16. The number of aromatic nitrogens is 1. The molecule has 2 heteroatoms. The molecule has 0 atom stereocenters. The Morgan fingerprint density at radius 2 is 1.94 bits per heavy atom. The van der Waals surface area contributed by atoms with Gasteiger partial charge in [-0.25, -0.2) is 0 Å². The summed E-state index contributed by atoms with van der Waals surface area (Å²) in [4.78, 5) is 4.29. The van der Waals surface area contributed by atoms with Crippen LogP contribution in [0.15, 0.2) is 36.5 Å². The van der Waals surface area contributed by atoms with Crippen LogP contribution in [0.5, 0.6) is 0 Å². The van der Waals surface area contributed by atoms with Crippen molar-refractivity contribution in [3.63, 3.8) is 0 Å². The van der Waals surface area contributed by atoms with Gasteiger partial charge in [-0.3, -0.25) is 4.98 Å². The van der Waals surface area contributed by atoms with E-state index in [2.05, 4.69) is 48.2 Å². The van der Waals surface area contributed by atoms with Crippen molar-refractivity contribution in [2.45, 2.75) is 19.6 Å². The van der Waals surface area contributed by atoms with Gasteiger partial charge >= 0.3 is 0 Å². The maximum Gasteiger partial charge on any atom is 0.129 e. The highest BCUT2D eigenvalue weighted by Gasteiger charge is 2.07. The molecule has 0 unspecified atom stereocenters. The van der Waals surface area contributed by atoms with Crippen LogP contribution in [-0.4, -0.2) is 13.1 Å². The summed E-state index contributed by atoms with van der Waals surface area (Å²) in [5, 5.41) is 1.16. The molecule has 0 N–H and O–H groups in total. The van der Waals surface area contributed by atoms with E-state index in [0.717, 1.165) is 16.5 Å². The Labute approximate surface area is 97.5 Å². The van der Waals surface area contributed by atoms with Crippen molar-refractivity contribution in [1.29, 1.82) is 0 Å². The maximum absolute atomic E-state index is 4.29. The van der Waals surface area contributed by atoms with Crippen LogP contribution in [-0.2, 0) is 0 Å². The lowest BCUT2D eigenvalue weighted by Gasteiger charge is -2.03. The molecule has 2 rings (SSSR count). The summed E-state index contributed by atoms with van der Waals surface area (Å²) in [6.45, 7) is 6.76. The highest BCUT2D eigenvalue weighted by molar-refractivity contribution is 6.83. The van der Waals surface area contributed by atoms with Crippen LogP contribution in [0, 0.1) is 11.5 Å². The highest BCUT2D eigenvalue weighted by atomic mass is 28.3. The van der Waals surface area contributed by atoms with E-state index in [9.17, 15) is 0 Å². The van der Waals surface area contributed by atoms with Crippen molar-refractivity contribution in [3.05, 3.63) is 42.1 Å². The lowest BCUT2D eigenvalue weighted by molar-refractivity contribution is 1.41. The van der Waals surface area contributed by atoms with Crippen molar-refractivity contribution in [3.8, 4) is 11.5 Å². The van der Waals surface area contributed by atoms with E-state index in [-0.39, 0.29) is 0 Å². The van der Waals surface area contributed by atoms with Gasteiger partial charge < -0.3 is 0 Å². The second-order valence-electron chi connectivity index (χ2n) is 4.91. The van der Waals surface area contributed by atoms with Gasteiger partial charge in [0.2, 0.25) is 0 Å². The van der Waals surface area contributed by atoms with Gasteiger partial charge in [-0.15, -0.1) is 5.54 Å². The first kappa shape index (κ1) is 10.9. The zero-order chi connectivity index (χ0) is 11.6. The molecule has 2 aromatic rings. The van der Waals surface area contributed by atoms with Crippen molar-refractivity contribution in [2.75, 3.05) is 0 Å². The van der Waals surface area contributed by atoms with E-state index in [1.807, 2.05) is 24.4 Å². The van der Waals surface area contributed by atoms with Crippen molar-refractivity contribution in [1.82, 2.24) is 4.98 Å². The summed E-state index contributed by atoms with van der Waals surface area (Å²) in [5.74, 6) is 3.26. The SMILES string of the molecule is C[Si](C)(C)C#Cc1ccc2ncccc2c1. The fraction of sp³-hybridized carbons (Fsp3) is 0.214. The van der Waals surface area contributed by atoms with Crippen LogP contribution in [0.25, 0.3) is 10.9 Å². The smallest absolute Gasteiger partial charge is 0.129 e. The molecule has 0 spiro atoms. The molecular formula is C14H15NSi. The third-order valence-corrected chi connectivity index (χ3v) is 3.06. The van der Waals surface area contributed by atoms with Crippen LogP contribution in [0.3, 0.4) is 0 Å². The predicted octanol–water partition coefficient (Wildman–Crippen LogP) is 3.46. The second kappa shape index (κ2) is 4.11. The van der Waals surface area contributed by atoms with Gasteiger partial charge in [-0.1, -0.05) is 31.6 Å². The number of rotatable bonds is 0. The normalized spacial score (nSPS) is 10.9. The van der Waals surface area contributed by atoms with Gasteiger partial charge in [0.05, 0.1) is 5.52 Å². The van der Waals surface area contributed by atoms with Gasteiger partial charge in [-0.2, -0.15) is 0 Å². The molecule has 0 bridgehead atoms. The van der Waals surface area contributed by atoms with Crippen molar-refractivity contribution >= 4 is 19.0 Å². The van der Waals surface area contributed by atoms with E-state index >= 15 is 0 Å². The zero-order valence-electron chi connectivity index (χ0n) is 9.91. The lowest BCUT2D eigenvalue weighted by atomic mass is 10.1. The maximum atomic E-state index is 4.29. The average molecular weight is 225 g/mol. The van der Waals surface area contributed by atoms with Crippen LogP contribution in [0.1, 0.15) is 5.56 Å². The molecule has 0 aliphatic heterocycles. The van der Waals surface area contributed by atoms with Crippen molar-refractivity contribution < 1.29 is 0 Å². The molecule has 1 heterocycles. The Hall–Kier alpha value is -1.59. The number of benzene rings is 1. The van der Waals surface area contributed by atoms with Gasteiger partial charge in [0.1, 0.15) is 8.07 Å². The predicted molar refractivity (Wildman–Crippen MR) is 72.0 cm³/mol. The fourth-order valence-electron chi connectivity index (χ4n) is 1.41. The van der Waals surface area contributed by atoms with Crippen LogP contribution in [0.2, 0.25) is 19.6 Å². The Kier molecular flexibility index (Phi) is 2.80. The second-order valence-corrected chi connectivity index (χ2v) is 9.66. The Balaban J connectivity index is 2.43. The van der Waals surface area contributed by atoms with Crippen LogP contribution in [0.4, 0.5) is 0 Å². The molecule has 1 nitrogen and oxygen atoms in total. The average Bonchev–Trinajstić information content (AvgIpc) is 2.25. The molecule has 0 radical (unpaired) electrons. The molecule has 16 heavy (non-hydrogen) atoms. The number of hydrogen-bond acceptors (Lipinski definition) is 1. The first-order valence-corrected chi connectivity index (χ1v) is 8.93. The number of hydrogen-bond donors (Lipinski definition) is 0. The number of fused-ring (bicyclic) bond motifs is 1. The first-order chi connectivity index (χ1) is 7.54. The topological polar surface area (TPSA) is 12.9 Å². The molecule has 80 valence electrons. The largest absolute Gasteiger partial charge is 0.256 e. The molecular weight excluding hydrogens is 210 g/mol. The van der Waals surface area contributed by atoms with Crippen LogP contribution >= 0.6 is 0 Å². The minimum atomic E-state index is -1.28. The van der Waals surface area contributed by atoms with Crippen LogP contribution < -0.4 is 0 Å². The summed E-state index contributed by atoms with van der Waals surface area (Å²) in [5.41, 5.74) is 5.49. The molecule has 0 fully saturated rings. The molecule has 0 saturated carbocycles. The van der Waals surface area contributed by atoms with Crippen molar-refractivity contribution in [2.24, 2.45) is 0 Å². The molecule has 0 aliphatic rings. The van der Waals surface area contributed by atoms with Gasteiger partial charge in [0.15, 0.2) is 0 Å². The summed E-state index contributed by atoms with van der Waals surface area (Å²) in [6.07, 6.45) is 1.82. The third kappa shape index (κ3) is 2.71. The molecule has 1 aromatic carbocycles. The summed E-state index contributed by atoms with van der Waals surface area (Å²) in [7, 11) is -1.28. The quantitative estimate of drug-likeness (QED) is 0.494. The number of pyridine rings is 1. The van der Waals surface area contributed by atoms with Gasteiger partial charge in [-0.05, 0) is 24.3 Å². The summed E-state index contributed by atoms with van der Waals surface area (Å²) in [6, 6.07) is 10.2. The Bertz CT molecular complexity index is 570. The van der Waals surface area contributed by atoms with Gasteiger partial charge in [0, 0.05) is 17.1 Å². The molecule has 1 aromatic heterocycles. The summed E-state index contributed by atoms with van der Waals surface area (Å²) < 4.78 is 0. The van der Waals surface area contributed by atoms with E-state index in [4.69, 9.17) is 0 Å². The molecule has 0 saturated heterocycles. The summed E-state index contributed by atoms with van der Waals surface area (Å²) >= 11 is 0. The van der Waals surface area contributed by atoms with Gasteiger partial charge in [0.25, 0.3) is 0 Å². The third-order valence-electron chi connectivity index (χ3n) is 2.18. The standard InChI is InChI=1S/C14H15NSi/c1-16(2,3)10-8-12-6-7-14-13(11-12)5-4-9-15-14/h4-7,9,11H,1-3H3. The van der Waals surface area contributed by atoms with E-state index < -0.39 is 8.07 Å². The fourth-order valence-corrected chi connectivity index (χ4v) is 1.93. The zero-order valence-corrected chi connectivity index (χ0v) is 10.9. The Morgan fingerprint density at radius 3 is 2.69 bits per heavy atom. The molecule has 0 aliphatic carbocycles. The minimum absolute atomic E-state index is 1.03. The highest BCUT2D eigenvalue weighted by Crippen LogP contribution is 2.12. The van der Waals surface area contributed by atoms with E-state index in [0.29, 0.717) is 0 Å². The Morgan fingerprint density at radius 1 is 1.12 bits per heavy atom. The monoisotopic (exact) mass is 225 g/mol. The number of nitrogens with zero attached hydrogens (tertiary/aromatic N) is 1. The van der Waals surface area contributed by atoms with E-state index in [1.165, 1.54) is 0 Å². The minimum Gasteiger partial charge on any atom is -0.256 e. The first-order valence-electron chi connectivity index (χ1n) is 5.43. The van der Waals surface area contributed by atoms with E-state index in [1.54, 1.807) is 0 Å². The molecule has 0 amide bonds.